The van der Waals surface area contributed by atoms with Crippen LogP contribution in [-0.4, -0.2) is 25.5 Å². The van der Waals surface area contributed by atoms with Crippen molar-refractivity contribution in [2.45, 2.75) is 26.3 Å². The van der Waals surface area contributed by atoms with Crippen molar-refractivity contribution in [1.29, 1.82) is 0 Å². The molecule has 1 heterocycles. The number of hydrogen-bond acceptors (Lipinski definition) is 1. The second-order valence-electron chi connectivity index (χ2n) is 5.62. The van der Waals surface area contributed by atoms with Crippen molar-refractivity contribution >= 4 is 29.1 Å². The molecule has 2 N–H and O–H groups in total. The molecular formula is C15H21Cl2N2O+. The Morgan fingerprint density at radius 2 is 2.05 bits per heavy atom. The molecule has 5 heteroatoms. The summed E-state index contributed by atoms with van der Waals surface area (Å²) in [5, 5.41) is 4.13. The highest BCUT2D eigenvalue weighted by molar-refractivity contribution is 6.35. The van der Waals surface area contributed by atoms with E-state index in [4.69, 9.17) is 23.2 Å². The van der Waals surface area contributed by atoms with Gasteiger partial charge in [-0.15, -0.1) is 0 Å². The third kappa shape index (κ3) is 4.65. The van der Waals surface area contributed by atoms with Gasteiger partial charge >= 0.3 is 0 Å². The van der Waals surface area contributed by atoms with Gasteiger partial charge in [0.2, 0.25) is 0 Å². The fraction of sp³-hybridized carbons (Fsp3) is 0.533. The van der Waals surface area contributed by atoms with Crippen LogP contribution in [0.25, 0.3) is 0 Å². The number of nitrogens with one attached hydrogen (secondary N) is 2. The summed E-state index contributed by atoms with van der Waals surface area (Å²) in [6.07, 6.45) is 2.43. The van der Waals surface area contributed by atoms with E-state index in [0.717, 1.165) is 24.6 Å². The van der Waals surface area contributed by atoms with Crippen molar-refractivity contribution < 1.29 is 9.69 Å². The smallest absolute Gasteiger partial charge is 0.275 e. The summed E-state index contributed by atoms with van der Waals surface area (Å²) in [6, 6.07) is 5.33. The third-order valence-corrected chi connectivity index (χ3v) is 4.47. The molecule has 0 spiro atoms. The first kappa shape index (κ1) is 15.6. The van der Waals surface area contributed by atoms with Gasteiger partial charge in [-0.05, 0) is 36.5 Å². The van der Waals surface area contributed by atoms with Gasteiger partial charge in [0.25, 0.3) is 5.91 Å². The van der Waals surface area contributed by atoms with Crippen molar-refractivity contribution in [3.63, 3.8) is 0 Å². The summed E-state index contributed by atoms with van der Waals surface area (Å²) in [5.74, 6) is 0.884. The van der Waals surface area contributed by atoms with Crippen molar-refractivity contribution in [3.05, 3.63) is 33.8 Å². The Morgan fingerprint density at radius 1 is 1.35 bits per heavy atom. The van der Waals surface area contributed by atoms with Crippen molar-refractivity contribution in [2.75, 3.05) is 19.6 Å². The highest BCUT2D eigenvalue weighted by atomic mass is 35.5. The summed E-state index contributed by atoms with van der Waals surface area (Å²) in [5.41, 5.74) is 0.895. The van der Waals surface area contributed by atoms with E-state index in [1.807, 2.05) is 6.07 Å². The first-order chi connectivity index (χ1) is 9.54. The van der Waals surface area contributed by atoms with E-state index in [-0.39, 0.29) is 5.91 Å². The van der Waals surface area contributed by atoms with Crippen LogP contribution in [0.4, 0.5) is 0 Å². The number of halogens is 2. The van der Waals surface area contributed by atoms with Crippen molar-refractivity contribution in [1.82, 2.24) is 5.32 Å². The fourth-order valence-corrected chi connectivity index (χ4v) is 2.97. The monoisotopic (exact) mass is 315 g/mol. The largest absolute Gasteiger partial charge is 0.347 e. The molecule has 3 nitrogen and oxygen atoms in total. The van der Waals surface area contributed by atoms with Gasteiger partial charge < -0.3 is 10.2 Å². The van der Waals surface area contributed by atoms with Gasteiger partial charge in [-0.1, -0.05) is 36.2 Å². The molecule has 1 amide bonds. The SMILES string of the molecule is CC1CC[NH+](CC(=O)NCc2ccc(Cl)cc2Cl)CC1. The van der Waals surface area contributed by atoms with Crippen LogP contribution in [0.2, 0.25) is 10.0 Å². The van der Waals surface area contributed by atoms with Gasteiger partial charge in [0, 0.05) is 16.6 Å². The van der Waals surface area contributed by atoms with E-state index in [2.05, 4.69) is 12.2 Å². The molecule has 110 valence electrons. The summed E-state index contributed by atoms with van der Waals surface area (Å²) in [6.45, 7) is 5.47. The highest BCUT2D eigenvalue weighted by Crippen LogP contribution is 2.20. The highest BCUT2D eigenvalue weighted by Gasteiger charge is 2.21. The van der Waals surface area contributed by atoms with Gasteiger partial charge in [0.1, 0.15) is 0 Å². The molecular weight excluding hydrogens is 295 g/mol. The molecule has 0 saturated carbocycles. The molecule has 0 unspecified atom stereocenters. The van der Waals surface area contributed by atoms with Crippen LogP contribution in [-0.2, 0) is 11.3 Å². The molecule has 1 aliphatic heterocycles. The quantitative estimate of drug-likeness (QED) is 0.874. The maximum atomic E-state index is 11.9. The van der Waals surface area contributed by atoms with Crippen LogP contribution in [0.5, 0.6) is 0 Å². The van der Waals surface area contributed by atoms with Crippen LogP contribution in [0.1, 0.15) is 25.3 Å². The number of likely N-dealkylation sites (tertiary alicyclic amines) is 1. The van der Waals surface area contributed by atoms with Crippen LogP contribution >= 0.6 is 23.2 Å². The summed E-state index contributed by atoms with van der Waals surface area (Å²) >= 11 is 11.9. The Labute approximate surface area is 130 Å². The van der Waals surface area contributed by atoms with Crippen molar-refractivity contribution in [3.8, 4) is 0 Å². The standard InChI is InChI=1S/C15H20Cl2N2O/c1-11-4-6-19(7-5-11)10-15(20)18-9-12-2-3-13(16)8-14(12)17/h2-3,8,11H,4-7,9-10H2,1H3,(H,18,20)/p+1. The lowest BCUT2D eigenvalue weighted by Gasteiger charge is -2.26. The predicted octanol–water partition coefficient (Wildman–Crippen LogP) is 1.92. The van der Waals surface area contributed by atoms with E-state index < -0.39 is 0 Å². The lowest BCUT2D eigenvalue weighted by molar-refractivity contribution is -0.898. The predicted molar refractivity (Wildman–Crippen MR) is 82.3 cm³/mol. The number of carbonyl (C=O) groups is 1. The number of hydrogen-bond donors (Lipinski definition) is 2. The first-order valence-electron chi connectivity index (χ1n) is 7.09. The average molecular weight is 316 g/mol. The molecule has 0 atom stereocenters. The first-order valence-corrected chi connectivity index (χ1v) is 7.84. The van der Waals surface area contributed by atoms with E-state index >= 15 is 0 Å². The van der Waals surface area contributed by atoms with E-state index in [1.54, 1.807) is 12.1 Å². The molecule has 0 radical (unpaired) electrons. The van der Waals surface area contributed by atoms with E-state index in [0.29, 0.717) is 23.1 Å². The normalized spacial score (nSPS) is 22.6. The number of carbonyl (C=O) groups excluding carboxylic acids is 1. The molecule has 0 aromatic heterocycles. The fourth-order valence-electron chi connectivity index (χ4n) is 2.50. The number of quaternary nitrogens is 1. The summed E-state index contributed by atoms with van der Waals surface area (Å²) < 4.78 is 0. The van der Waals surface area contributed by atoms with Gasteiger partial charge in [-0.25, -0.2) is 0 Å². The molecule has 2 rings (SSSR count). The van der Waals surface area contributed by atoms with Gasteiger partial charge in [-0.2, -0.15) is 0 Å². The van der Waals surface area contributed by atoms with Gasteiger partial charge in [0.05, 0.1) is 13.1 Å². The second kappa shape index (κ2) is 7.30. The zero-order valence-electron chi connectivity index (χ0n) is 11.7. The summed E-state index contributed by atoms with van der Waals surface area (Å²) in [4.78, 5) is 13.3. The van der Waals surface area contributed by atoms with Crippen LogP contribution < -0.4 is 10.2 Å². The van der Waals surface area contributed by atoms with Gasteiger partial charge in [0.15, 0.2) is 6.54 Å². The minimum atomic E-state index is 0.0839. The Kier molecular flexibility index (Phi) is 5.70. The number of amides is 1. The average Bonchev–Trinajstić information content (AvgIpc) is 2.40. The minimum Gasteiger partial charge on any atom is -0.347 e. The molecule has 1 aromatic rings. The maximum Gasteiger partial charge on any atom is 0.275 e. The Bertz CT molecular complexity index is 471. The number of benzene rings is 1. The van der Waals surface area contributed by atoms with Gasteiger partial charge in [-0.3, -0.25) is 4.79 Å². The number of piperidine rings is 1. The van der Waals surface area contributed by atoms with Crippen LogP contribution in [0.3, 0.4) is 0 Å². The molecule has 1 fully saturated rings. The molecule has 1 aliphatic rings. The molecule has 0 aliphatic carbocycles. The van der Waals surface area contributed by atoms with Crippen molar-refractivity contribution in [2.24, 2.45) is 5.92 Å². The van der Waals surface area contributed by atoms with Crippen LogP contribution in [0, 0.1) is 5.92 Å². The zero-order chi connectivity index (χ0) is 14.5. The topological polar surface area (TPSA) is 33.5 Å². The molecule has 1 aromatic carbocycles. The van der Waals surface area contributed by atoms with E-state index in [1.165, 1.54) is 17.7 Å². The lowest BCUT2D eigenvalue weighted by atomic mass is 9.99. The molecule has 20 heavy (non-hydrogen) atoms. The minimum absolute atomic E-state index is 0.0839. The van der Waals surface area contributed by atoms with E-state index in [9.17, 15) is 4.79 Å². The second-order valence-corrected chi connectivity index (χ2v) is 6.47. The zero-order valence-corrected chi connectivity index (χ0v) is 13.2. The molecule has 0 bridgehead atoms. The maximum absolute atomic E-state index is 11.9. The molecule has 1 saturated heterocycles. The lowest BCUT2D eigenvalue weighted by Crippen LogP contribution is -3.14. The third-order valence-electron chi connectivity index (χ3n) is 3.88. The Morgan fingerprint density at radius 3 is 2.70 bits per heavy atom. The van der Waals surface area contributed by atoms with Crippen LogP contribution in [0.15, 0.2) is 18.2 Å². The summed E-state index contributed by atoms with van der Waals surface area (Å²) in [7, 11) is 0. The Hall–Kier alpha value is -0.770. The Balaban J connectivity index is 1.77. The number of rotatable bonds is 4.